The average Bonchev–Trinajstić information content (AvgIpc) is 2.68. The lowest BCUT2D eigenvalue weighted by atomic mass is 9.97. The summed E-state index contributed by atoms with van der Waals surface area (Å²) in [4.78, 5) is 18.2. The van der Waals surface area contributed by atoms with Crippen molar-refractivity contribution in [2.75, 3.05) is 41.5 Å². The van der Waals surface area contributed by atoms with Crippen molar-refractivity contribution in [2.45, 2.75) is 19.4 Å². The first-order chi connectivity index (χ1) is 12.1. The van der Waals surface area contributed by atoms with E-state index in [1.165, 1.54) is 7.11 Å². The van der Waals surface area contributed by atoms with Crippen LogP contribution in [-0.4, -0.2) is 58.3 Å². The van der Waals surface area contributed by atoms with Crippen LogP contribution in [0, 0.1) is 5.92 Å². The second kappa shape index (κ2) is 11.1. The zero-order valence-corrected chi connectivity index (χ0v) is 18.1. The molecular formula is C18H28IN3O4. The van der Waals surface area contributed by atoms with Crippen LogP contribution in [0.2, 0.25) is 0 Å². The van der Waals surface area contributed by atoms with Crippen LogP contribution < -0.4 is 14.8 Å². The van der Waals surface area contributed by atoms with E-state index in [1.807, 2.05) is 18.2 Å². The first kappa shape index (κ1) is 22.3. The molecule has 1 aromatic rings. The third-order valence-electron chi connectivity index (χ3n) is 4.47. The van der Waals surface area contributed by atoms with Crippen LogP contribution in [0.4, 0.5) is 0 Å². The second-order valence-electron chi connectivity index (χ2n) is 5.86. The number of piperidine rings is 1. The molecule has 1 fully saturated rings. The number of rotatable bonds is 5. The summed E-state index contributed by atoms with van der Waals surface area (Å²) in [7, 11) is 6.48. The molecule has 1 aliphatic rings. The number of carbonyl (C=O) groups excluding carboxylic acids is 1. The SMILES string of the molecule is CN=C(NCc1ccc(OC)cc1OC)N1CCC(C(=O)OC)CC1.I. The molecule has 26 heavy (non-hydrogen) atoms. The van der Waals surface area contributed by atoms with Gasteiger partial charge in [0, 0.05) is 38.3 Å². The van der Waals surface area contributed by atoms with Crippen LogP contribution in [0.15, 0.2) is 23.2 Å². The summed E-state index contributed by atoms with van der Waals surface area (Å²) in [5, 5.41) is 3.36. The number of nitrogens with zero attached hydrogens (tertiary/aromatic N) is 2. The van der Waals surface area contributed by atoms with Gasteiger partial charge >= 0.3 is 5.97 Å². The van der Waals surface area contributed by atoms with Crippen LogP contribution in [0.5, 0.6) is 11.5 Å². The van der Waals surface area contributed by atoms with Crippen molar-refractivity contribution in [1.82, 2.24) is 10.2 Å². The topological polar surface area (TPSA) is 72.4 Å². The molecule has 1 aliphatic heterocycles. The van der Waals surface area contributed by atoms with Gasteiger partial charge in [-0.05, 0) is 25.0 Å². The Hall–Kier alpha value is -1.71. The fourth-order valence-electron chi connectivity index (χ4n) is 3.00. The molecule has 1 saturated heterocycles. The highest BCUT2D eigenvalue weighted by molar-refractivity contribution is 14.0. The summed E-state index contributed by atoms with van der Waals surface area (Å²) in [5.74, 6) is 2.22. The Morgan fingerprint density at radius 1 is 1.23 bits per heavy atom. The molecule has 146 valence electrons. The number of likely N-dealkylation sites (tertiary alicyclic amines) is 1. The fraction of sp³-hybridized carbons (Fsp3) is 0.556. The van der Waals surface area contributed by atoms with Crippen molar-refractivity contribution >= 4 is 35.9 Å². The van der Waals surface area contributed by atoms with E-state index in [4.69, 9.17) is 14.2 Å². The van der Waals surface area contributed by atoms with Gasteiger partial charge in [-0.2, -0.15) is 0 Å². The molecule has 0 spiro atoms. The maximum absolute atomic E-state index is 11.6. The van der Waals surface area contributed by atoms with Gasteiger partial charge in [0.15, 0.2) is 5.96 Å². The maximum Gasteiger partial charge on any atom is 0.308 e. The van der Waals surface area contributed by atoms with Gasteiger partial charge < -0.3 is 24.4 Å². The molecule has 7 nitrogen and oxygen atoms in total. The van der Waals surface area contributed by atoms with Gasteiger partial charge in [-0.15, -0.1) is 24.0 Å². The number of guanidine groups is 1. The highest BCUT2D eigenvalue weighted by Crippen LogP contribution is 2.24. The number of carbonyl (C=O) groups is 1. The molecule has 8 heteroatoms. The molecule has 0 aromatic heterocycles. The van der Waals surface area contributed by atoms with Gasteiger partial charge in [0.25, 0.3) is 0 Å². The van der Waals surface area contributed by atoms with Crippen molar-refractivity contribution in [1.29, 1.82) is 0 Å². The van der Waals surface area contributed by atoms with E-state index in [0.717, 1.165) is 49.0 Å². The Labute approximate surface area is 172 Å². The standard InChI is InChI=1S/C18H27N3O4.HI/c1-19-18(21-9-7-13(8-10-21)17(22)25-4)20-12-14-5-6-15(23-2)11-16(14)24-3;/h5-6,11,13H,7-10,12H2,1-4H3,(H,19,20);1H. The van der Waals surface area contributed by atoms with E-state index in [2.05, 4.69) is 15.2 Å². The van der Waals surface area contributed by atoms with Crippen molar-refractivity contribution in [3.63, 3.8) is 0 Å². The molecule has 0 amide bonds. The molecule has 0 aliphatic carbocycles. The number of esters is 1. The monoisotopic (exact) mass is 477 g/mol. The molecule has 0 radical (unpaired) electrons. The number of aliphatic imine (C=N–C) groups is 1. The number of ether oxygens (including phenoxy) is 3. The minimum Gasteiger partial charge on any atom is -0.497 e. The molecule has 0 atom stereocenters. The first-order valence-electron chi connectivity index (χ1n) is 8.37. The van der Waals surface area contributed by atoms with E-state index in [9.17, 15) is 4.79 Å². The third-order valence-corrected chi connectivity index (χ3v) is 4.47. The Morgan fingerprint density at radius 3 is 2.46 bits per heavy atom. The molecule has 1 heterocycles. The van der Waals surface area contributed by atoms with Crippen LogP contribution in [0.1, 0.15) is 18.4 Å². The third kappa shape index (κ3) is 5.65. The number of halogens is 1. The predicted octanol–water partition coefficient (Wildman–Crippen LogP) is 2.28. The summed E-state index contributed by atoms with van der Waals surface area (Å²) in [6.07, 6.45) is 1.55. The summed E-state index contributed by atoms with van der Waals surface area (Å²) in [6, 6.07) is 5.74. The van der Waals surface area contributed by atoms with Gasteiger partial charge in [0.05, 0.1) is 27.2 Å². The Balaban J connectivity index is 0.00000338. The van der Waals surface area contributed by atoms with Gasteiger partial charge in [0.1, 0.15) is 11.5 Å². The lowest BCUT2D eigenvalue weighted by molar-refractivity contribution is -0.146. The number of benzene rings is 1. The van der Waals surface area contributed by atoms with E-state index in [-0.39, 0.29) is 35.9 Å². The maximum atomic E-state index is 11.6. The van der Waals surface area contributed by atoms with Gasteiger partial charge in [-0.1, -0.05) is 0 Å². The van der Waals surface area contributed by atoms with E-state index in [1.54, 1.807) is 21.3 Å². The highest BCUT2D eigenvalue weighted by atomic mass is 127. The Kier molecular flexibility index (Phi) is 9.53. The quantitative estimate of drug-likeness (QED) is 0.304. The van der Waals surface area contributed by atoms with E-state index >= 15 is 0 Å². The van der Waals surface area contributed by atoms with Crippen molar-refractivity contribution in [3.8, 4) is 11.5 Å². The van der Waals surface area contributed by atoms with Crippen LogP contribution in [0.25, 0.3) is 0 Å². The van der Waals surface area contributed by atoms with Gasteiger partial charge in [-0.3, -0.25) is 9.79 Å². The number of hydrogen-bond acceptors (Lipinski definition) is 5. The van der Waals surface area contributed by atoms with Gasteiger partial charge in [-0.25, -0.2) is 0 Å². The molecule has 2 rings (SSSR count). The minimum absolute atomic E-state index is 0. The molecule has 0 bridgehead atoms. The van der Waals surface area contributed by atoms with E-state index in [0.29, 0.717) is 6.54 Å². The smallest absolute Gasteiger partial charge is 0.308 e. The zero-order valence-electron chi connectivity index (χ0n) is 15.8. The Morgan fingerprint density at radius 2 is 1.92 bits per heavy atom. The zero-order chi connectivity index (χ0) is 18.2. The van der Waals surface area contributed by atoms with Gasteiger partial charge in [0.2, 0.25) is 0 Å². The molecule has 1 N–H and O–H groups in total. The molecule has 1 aromatic carbocycles. The van der Waals surface area contributed by atoms with E-state index < -0.39 is 0 Å². The van der Waals surface area contributed by atoms with Crippen molar-refractivity contribution in [3.05, 3.63) is 23.8 Å². The molecule has 0 saturated carbocycles. The van der Waals surface area contributed by atoms with Crippen LogP contribution in [0.3, 0.4) is 0 Å². The Bertz CT molecular complexity index is 616. The molecule has 0 unspecified atom stereocenters. The fourth-order valence-corrected chi connectivity index (χ4v) is 3.00. The highest BCUT2D eigenvalue weighted by Gasteiger charge is 2.26. The lowest BCUT2D eigenvalue weighted by Gasteiger charge is -2.33. The normalized spacial score (nSPS) is 15.1. The van der Waals surface area contributed by atoms with Crippen LogP contribution in [-0.2, 0) is 16.1 Å². The molecular weight excluding hydrogens is 449 g/mol. The van der Waals surface area contributed by atoms with Crippen LogP contribution >= 0.6 is 24.0 Å². The first-order valence-corrected chi connectivity index (χ1v) is 8.37. The summed E-state index contributed by atoms with van der Waals surface area (Å²) < 4.78 is 15.5. The summed E-state index contributed by atoms with van der Waals surface area (Å²) in [5.41, 5.74) is 1.02. The van der Waals surface area contributed by atoms with Crippen molar-refractivity contribution < 1.29 is 19.0 Å². The largest absolute Gasteiger partial charge is 0.497 e. The number of nitrogens with one attached hydrogen (secondary N) is 1. The lowest BCUT2D eigenvalue weighted by Crippen LogP contribution is -2.46. The van der Waals surface area contributed by atoms with Crippen molar-refractivity contribution in [2.24, 2.45) is 10.9 Å². The summed E-state index contributed by atoms with van der Waals surface area (Å²) >= 11 is 0. The minimum atomic E-state index is -0.120. The second-order valence-corrected chi connectivity index (χ2v) is 5.86. The number of hydrogen-bond donors (Lipinski definition) is 1. The number of methoxy groups -OCH3 is 3. The average molecular weight is 477 g/mol. The predicted molar refractivity (Wildman–Crippen MR) is 111 cm³/mol. The summed E-state index contributed by atoms with van der Waals surface area (Å²) in [6.45, 7) is 2.15.